The number of carbonyl (C=O) groups is 1. The summed E-state index contributed by atoms with van der Waals surface area (Å²) in [7, 11) is 0. The van der Waals surface area contributed by atoms with Crippen molar-refractivity contribution in [2.45, 2.75) is 44.5 Å². The highest BCUT2D eigenvalue weighted by molar-refractivity contribution is 5.73. The molecule has 7 nitrogen and oxygen atoms in total. The minimum Gasteiger partial charge on any atom is -0.463 e. The number of ether oxygens (including phenoxy) is 2. The third-order valence-corrected chi connectivity index (χ3v) is 3.49. The predicted octanol–water partition coefficient (Wildman–Crippen LogP) is -0.682. The fourth-order valence-corrected chi connectivity index (χ4v) is 2.39. The molecule has 0 saturated carbocycles. The Hall–Kier alpha value is -1.67. The van der Waals surface area contributed by atoms with Gasteiger partial charge in [-0.05, 0) is 24.6 Å². The number of aliphatic hydroxyl groups is 3. The monoisotopic (exact) mass is 311 g/mol. The molecule has 0 bridgehead atoms. The lowest BCUT2D eigenvalue weighted by atomic mass is 9.97. The Balaban J connectivity index is 2.21. The number of hydrogen-bond donors (Lipinski definition) is 4. The van der Waals surface area contributed by atoms with Crippen molar-refractivity contribution >= 4 is 5.91 Å². The van der Waals surface area contributed by atoms with Crippen molar-refractivity contribution in [3.63, 3.8) is 0 Å². The molecule has 122 valence electrons. The van der Waals surface area contributed by atoms with Crippen LogP contribution in [-0.4, -0.2) is 58.5 Å². The van der Waals surface area contributed by atoms with E-state index in [4.69, 9.17) is 9.47 Å². The lowest BCUT2D eigenvalue weighted by Crippen LogP contribution is -2.65. The van der Waals surface area contributed by atoms with Crippen molar-refractivity contribution in [2.75, 3.05) is 6.61 Å². The van der Waals surface area contributed by atoms with E-state index < -0.39 is 37.3 Å². The largest absolute Gasteiger partial charge is 0.463 e. The van der Waals surface area contributed by atoms with E-state index >= 15 is 0 Å². The van der Waals surface area contributed by atoms with Crippen LogP contribution in [0.1, 0.15) is 12.5 Å². The Morgan fingerprint density at radius 2 is 2.09 bits per heavy atom. The summed E-state index contributed by atoms with van der Waals surface area (Å²) in [6.45, 7) is 2.72. The number of carbonyl (C=O) groups excluding carboxylic acids is 1. The van der Waals surface area contributed by atoms with Crippen LogP contribution in [0.25, 0.3) is 0 Å². The van der Waals surface area contributed by atoms with Crippen molar-refractivity contribution < 1.29 is 29.6 Å². The molecule has 0 aromatic heterocycles. The molecule has 1 aromatic rings. The summed E-state index contributed by atoms with van der Waals surface area (Å²) in [4.78, 5) is 11.3. The highest BCUT2D eigenvalue weighted by Gasteiger charge is 2.46. The van der Waals surface area contributed by atoms with Crippen LogP contribution in [0.2, 0.25) is 0 Å². The molecular weight excluding hydrogens is 290 g/mol. The molecule has 1 heterocycles. The fraction of sp³-hybridized carbons (Fsp3) is 0.533. The molecule has 0 unspecified atom stereocenters. The van der Waals surface area contributed by atoms with E-state index in [1.165, 1.54) is 6.92 Å². The van der Waals surface area contributed by atoms with E-state index in [-0.39, 0.29) is 5.91 Å². The molecule has 1 saturated heterocycles. The van der Waals surface area contributed by atoms with Crippen LogP contribution < -0.4 is 10.1 Å². The zero-order valence-corrected chi connectivity index (χ0v) is 12.5. The van der Waals surface area contributed by atoms with Gasteiger partial charge in [0.15, 0.2) is 0 Å². The minimum absolute atomic E-state index is 0.389. The number of hydrogen-bond acceptors (Lipinski definition) is 6. The van der Waals surface area contributed by atoms with E-state index in [1.807, 2.05) is 13.0 Å². The van der Waals surface area contributed by atoms with Crippen LogP contribution in [0.3, 0.4) is 0 Å². The van der Waals surface area contributed by atoms with Crippen LogP contribution in [0.4, 0.5) is 0 Å². The lowest BCUT2D eigenvalue weighted by Gasteiger charge is -2.42. The van der Waals surface area contributed by atoms with Gasteiger partial charge in [-0.2, -0.15) is 0 Å². The predicted molar refractivity (Wildman–Crippen MR) is 77.2 cm³/mol. The number of benzene rings is 1. The summed E-state index contributed by atoms with van der Waals surface area (Å²) in [5.74, 6) is 0.112. The van der Waals surface area contributed by atoms with E-state index in [1.54, 1.807) is 18.2 Å². The molecule has 1 amide bonds. The van der Waals surface area contributed by atoms with E-state index in [0.717, 1.165) is 5.56 Å². The first-order valence-electron chi connectivity index (χ1n) is 7.05. The second-order valence-electron chi connectivity index (χ2n) is 5.37. The van der Waals surface area contributed by atoms with Crippen LogP contribution in [0.15, 0.2) is 24.3 Å². The zero-order chi connectivity index (χ0) is 16.3. The van der Waals surface area contributed by atoms with E-state index in [0.29, 0.717) is 5.75 Å². The van der Waals surface area contributed by atoms with Gasteiger partial charge in [-0.15, -0.1) is 0 Å². The Bertz CT molecular complexity index is 523. The molecule has 1 aliphatic rings. The van der Waals surface area contributed by atoms with E-state index in [9.17, 15) is 20.1 Å². The smallest absolute Gasteiger partial charge is 0.223 e. The summed E-state index contributed by atoms with van der Waals surface area (Å²) in [5, 5.41) is 31.8. The summed E-state index contributed by atoms with van der Waals surface area (Å²) < 4.78 is 11.2. The van der Waals surface area contributed by atoms with Gasteiger partial charge < -0.3 is 30.1 Å². The normalized spacial score (nSPS) is 31.6. The topological polar surface area (TPSA) is 108 Å². The van der Waals surface area contributed by atoms with Gasteiger partial charge in [0, 0.05) is 6.92 Å². The van der Waals surface area contributed by atoms with Gasteiger partial charge in [0.1, 0.15) is 30.1 Å². The van der Waals surface area contributed by atoms with Crippen molar-refractivity contribution in [3.05, 3.63) is 29.8 Å². The Morgan fingerprint density at radius 3 is 2.68 bits per heavy atom. The summed E-state index contributed by atoms with van der Waals surface area (Å²) in [6, 6.07) is 6.24. The van der Waals surface area contributed by atoms with Gasteiger partial charge in [-0.25, -0.2) is 0 Å². The lowest BCUT2D eigenvalue weighted by molar-refractivity contribution is -0.244. The standard InChI is InChI=1S/C15H21NO6/c1-8-4-3-5-10(6-8)21-15-12(16-9(2)18)14(20)13(19)11(7-17)22-15/h3-6,11-15,17,19-20H,7H2,1-2H3,(H,16,18)/t11-,12-,13+,14-,15+/m0/s1. The molecule has 7 heteroatoms. The second kappa shape index (κ2) is 7.06. The molecule has 5 atom stereocenters. The van der Waals surface area contributed by atoms with Crippen molar-refractivity contribution in [2.24, 2.45) is 0 Å². The van der Waals surface area contributed by atoms with Crippen LogP contribution >= 0.6 is 0 Å². The molecule has 2 rings (SSSR count). The third-order valence-electron chi connectivity index (χ3n) is 3.49. The fourth-order valence-electron chi connectivity index (χ4n) is 2.39. The Morgan fingerprint density at radius 1 is 1.36 bits per heavy atom. The average Bonchev–Trinajstić information content (AvgIpc) is 2.46. The maximum Gasteiger partial charge on any atom is 0.223 e. The van der Waals surface area contributed by atoms with Crippen LogP contribution in [0.5, 0.6) is 5.75 Å². The molecule has 1 aliphatic heterocycles. The van der Waals surface area contributed by atoms with Gasteiger partial charge in [0.25, 0.3) is 0 Å². The Kier molecular flexibility index (Phi) is 5.36. The molecular formula is C15H21NO6. The highest BCUT2D eigenvalue weighted by atomic mass is 16.7. The highest BCUT2D eigenvalue weighted by Crippen LogP contribution is 2.24. The molecule has 4 N–H and O–H groups in total. The van der Waals surface area contributed by atoms with Gasteiger partial charge >= 0.3 is 0 Å². The van der Waals surface area contributed by atoms with Gasteiger partial charge in [-0.3, -0.25) is 4.79 Å². The molecule has 22 heavy (non-hydrogen) atoms. The number of rotatable bonds is 4. The summed E-state index contributed by atoms with van der Waals surface area (Å²) in [6.07, 6.45) is -4.65. The van der Waals surface area contributed by atoms with Crippen LogP contribution in [0, 0.1) is 6.92 Å². The quantitative estimate of drug-likeness (QED) is 0.587. The second-order valence-corrected chi connectivity index (χ2v) is 5.37. The molecule has 1 fully saturated rings. The van der Waals surface area contributed by atoms with Gasteiger partial charge in [0.05, 0.1) is 6.61 Å². The Labute approximate surface area is 128 Å². The molecule has 0 spiro atoms. The molecule has 1 aromatic carbocycles. The maximum atomic E-state index is 11.3. The van der Waals surface area contributed by atoms with Crippen molar-refractivity contribution in [3.8, 4) is 5.75 Å². The third kappa shape index (κ3) is 3.75. The first kappa shape index (κ1) is 16.7. The zero-order valence-electron chi connectivity index (χ0n) is 12.5. The first-order chi connectivity index (χ1) is 10.4. The van der Waals surface area contributed by atoms with Crippen molar-refractivity contribution in [1.82, 2.24) is 5.32 Å². The van der Waals surface area contributed by atoms with Gasteiger partial charge in [-0.1, -0.05) is 12.1 Å². The van der Waals surface area contributed by atoms with Gasteiger partial charge in [0.2, 0.25) is 12.2 Å². The van der Waals surface area contributed by atoms with E-state index in [2.05, 4.69) is 5.32 Å². The molecule has 0 aliphatic carbocycles. The number of aryl methyl sites for hydroxylation is 1. The average molecular weight is 311 g/mol. The SMILES string of the molecule is CC(=O)N[C@@H]1[C@H](Oc2cccc(C)c2)O[C@@H](CO)[C@@H](O)[C@H]1O. The number of aliphatic hydroxyl groups excluding tert-OH is 3. The van der Waals surface area contributed by atoms with Crippen LogP contribution in [-0.2, 0) is 9.53 Å². The molecule has 0 radical (unpaired) electrons. The maximum absolute atomic E-state index is 11.3. The summed E-state index contributed by atoms with van der Waals surface area (Å²) >= 11 is 0. The number of amides is 1. The summed E-state index contributed by atoms with van der Waals surface area (Å²) in [5.41, 5.74) is 0.976. The minimum atomic E-state index is -1.32. The number of nitrogens with one attached hydrogen (secondary N) is 1. The van der Waals surface area contributed by atoms with Crippen molar-refractivity contribution in [1.29, 1.82) is 0 Å². The first-order valence-corrected chi connectivity index (χ1v) is 7.05.